The van der Waals surface area contributed by atoms with Crippen LogP contribution < -0.4 is 0 Å². The van der Waals surface area contributed by atoms with Crippen LogP contribution in [0.4, 0.5) is 0 Å². The van der Waals surface area contributed by atoms with E-state index in [9.17, 15) is 4.79 Å². The predicted octanol–water partition coefficient (Wildman–Crippen LogP) is 2.66. The number of thiophene rings is 1. The van der Waals surface area contributed by atoms with Crippen LogP contribution in [0, 0.1) is 0 Å². The monoisotopic (exact) mass is 223 g/mol. The van der Waals surface area contributed by atoms with E-state index in [4.69, 9.17) is 9.63 Å². The second-order valence-corrected chi connectivity index (χ2v) is 3.93. The minimum Gasteiger partial charge on any atom is -0.476 e. The second-order valence-electron chi connectivity index (χ2n) is 3.01. The molecule has 0 aliphatic carbocycles. The minimum atomic E-state index is -1.07. The number of aryl methyl sites for hydroxylation is 1. The fraction of sp³-hybridized carbons (Fsp3) is 0.200. The van der Waals surface area contributed by atoms with Gasteiger partial charge in [-0.05, 0) is 23.4 Å². The highest BCUT2D eigenvalue weighted by Gasteiger charge is 2.15. The number of hydrogen-bond donors (Lipinski definition) is 1. The van der Waals surface area contributed by atoms with Gasteiger partial charge in [-0.25, -0.2) is 4.79 Å². The lowest BCUT2D eigenvalue weighted by atomic mass is 10.2. The first-order chi connectivity index (χ1) is 7.22. The summed E-state index contributed by atoms with van der Waals surface area (Å²) in [7, 11) is 0. The second kappa shape index (κ2) is 3.86. The third kappa shape index (κ3) is 1.78. The maximum atomic E-state index is 10.6. The van der Waals surface area contributed by atoms with Gasteiger partial charge >= 0.3 is 5.97 Å². The summed E-state index contributed by atoms with van der Waals surface area (Å²) in [6, 6.07) is 3.45. The lowest BCUT2D eigenvalue weighted by Crippen LogP contribution is -1.94. The van der Waals surface area contributed by atoms with Gasteiger partial charge in [-0.1, -0.05) is 12.1 Å². The maximum Gasteiger partial charge on any atom is 0.358 e. The first-order valence-electron chi connectivity index (χ1n) is 4.49. The van der Waals surface area contributed by atoms with Crippen LogP contribution in [0.5, 0.6) is 0 Å². The van der Waals surface area contributed by atoms with Crippen molar-refractivity contribution < 1.29 is 14.4 Å². The van der Waals surface area contributed by atoms with Crippen molar-refractivity contribution in [2.75, 3.05) is 0 Å². The summed E-state index contributed by atoms with van der Waals surface area (Å²) in [4.78, 5) is 11.6. The summed E-state index contributed by atoms with van der Waals surface area (Å²) < 4.78 is 4.99. The molecule has 2 aromatic heterocycles. The molecule has 0 bridgehead atoms. The molecule has 4 nitrogen and oxygen atoms in total. The summed E-state index contributed by atoms with van der Waals surface area (Å²) in [5.41, 5.74) is 1.09. The van der Waals surface area contributed by atoms with Crippen molar-refractivity contribution in [2.45, 2.75) is 13.3 Å². The number of nitrogens with zero attached hydrogens (tertiary/aromatic N) is 1. The predicted molar refractivity (Wildman–Crippen MR) is 56.2 cm³/mol. The molecular formula is C10H9NO3S. The van der Waals surface area contributed by atoms with Crippen LogP contribution in [0.1, 0.15) is 23.0 Å². The molecule has 2 aromatic rings. The molecule has 2 heterocycles. The maximum absolute atomic E-state index is 10.6. The van der Waals surface area contributed by atoms with Gasteiger partial charge in [-0.3, -0.25) is 0 Å². The summed E-state index contributed by atoms with van der Waals surface area (Å²) in [5, 5.41) is 14.1. The number of carbonyl (C=O) groups is 1. The van der Waals surface area contributed by atoms with Crippen LogP contribution >= 0.6 is 11.3 Å². The van der Waals surface area contributed by atoms with E-state index >= 15 is 0 Å². The van der Waals surface area contributed by atoms with E-state index < -0.39 is 5.97 Å². The number of carboxylic acid groups (broad SMARTS) is 1. The Bertz CT molecular complexity index is 486. The van der Waals surface area contributed by atoms with Crippen molar-refractivity contribution in [1.82, 2.24) is 5.16 Å². The molecular weight excluding hydrogens is 214 g/mol. The molecule has 0 aromatic carbocycles. The van der Waals surface area contributed by atoms with E-state index in [0.29, 0.717) is 5.76 Å². The van der Waals surface area contributed by atoms with Gasteiger partial charge in [0.15, 0.2) is 11.5 Å². The van der Waals surface area contributed by atoms with E-state index in [2.05, 4.69) is 5.16 Å². The van der Waals surface area contributed by atoms with Crippen molar-refractivity contribution in [3.8, 4) is 10.6 Å². The zero-order chi connectivity index (χ0) is 10.8. The Labute approximate surface area is 90.1 Å². The van der Waals surface area contributed by atoms with Gasteiger partial charge in [0, 0.05) is 6.07 Å². The standard InChI is InChI=1S/C10H9NO3S/c1-2-6-3-4-15-9(6)8-5-7(10(12)13)11-14-8/h3-5H,2H2,1H3,(H,12,13). The zero-order valence-corrected chi connectivity index (χ0v) is 8.87. The Morgan fingerprint density at radius 1 is 1.67 bits per heavy atom. The average molecular weight is 223 g/mol. The van der Waals surface area contributed by atoms with E-state index in [1.165, 1.54) is 17.4 Å². The Hall–Kier alpha value is -1.62. The van der Waals surface area contributed by atoms with Gasteiger partial charge in [0.1, 0.15) is 0 Å². The number of carboxylic acids is 1. The molecule has 0 aliphatic heterocycles. The molecule has 0 amide bonds. The number of hydrogen-bond acceptors (Lipinski definition) is 4. The smallest absolute Gasteiger partial charge is 0.358 e. The van der Waals surface area contributed by atoms with Gasteiger partial charge in [0.25, 0.3) is 0 Å². The molecule has 0 fully saturated rings. The van der Waals surface area contributed by atoms with Crippen LogP contribution in [-0.4, -0.2) is 16.2 Å². The first kappa shape index (κ1) is 9.92. The summed E-state index contributed by atoms with van der Waals surface area (Å²) >= 11 is 1.53. The third-order valence-corrected chi connectivity index (χ3v) is 3.05. The fourth-order valence-electron chi connectivity index (χ4n) is 1.31. The topological polar surface area (TPSA) is 63.3 Å². The van der Waals surface area contributed by atoms with Crippen molar-refractivity contribution >= 4 is 17.3 Å². The Morgan fingerprint density at radius 3 is 3.07 bits per heavy atom. The van der Waals surface area contributed by atoms with Crippen LogP contribution in [-0.2, 0) is 6.42 Å². The van der Waals surface area contributed by atoms with Gasteiger partial charge in [0.05, 0.1) is 4.88 Å². The van der Waals surface area contributed by atoms with Crippen LogP contribution in [0.3, 0.4) is 0 Å². The molecule has 2 rings (SSSR count). The van der Waals surface area contributed by atoms with E-state index in [1.807, 2.05) is 18.4 Å². The quantitative estimate of drug-likeness (QED) is 0.868. The fourth-order valence-corrected chi connectivity index (χ4v) is 2.26. The van der Waals surface area contributed by atoms with Crippen molar-refractivity contribution in [3.05, 3.63) is 28.8 Å². The van der Waals surface area contributed by atoms with Crippen molar-refractivity contribution in [2.24, 2.45) is 0 Å². The largest absolute Gasteiger partial charge is 0.476 e. The van der Waals surface area contributed by atoms with Crippen molar-refractivity contribution in [3.63, 3.8) is 0 Å². The number of aromatic carboxylic acids is 1. The van der Waals surface area contributed by atoms with Gasteiger partial charge in [-0.15, -0.1) is 11.3 Å². The van der Waals surface area contributed by atoms with Crippen LogP contribution in [0.15, 0.2) is 22.0 Å². The van der Waals surface area contributed by atoms with Gasteiger partial charge < -0.3 is 9.63 Å². The SMILES string of the molecule is CCc1ccsc1-c1cc(C(=O)O)no1. The summed E-state index contributed by atoms with van der Waals surface area (Å²) in [6.07, 6.45) is 0.891. The highest BCUT2D eigenvalue weighted by Crippen LogP contribution is 2.30. The van der Waals surface area contributed by atoms with E-state index in [0.717, 1.165) is 16.9 Å². The minimum absolute atomic E-state index is 0.0551. The number of aromatic nitrogens is 1. The van der Waals surface area contributed by atoms with E-state index in [-0.39, 0.29) is 5.69 Å². The molecule has 5 heteroatoms. The first-order valence-corrected chi connectivity index (χ1v) is 5.37. The van der Waals surface area contributed by atoms with Crippen LogP contribution in [0.2, 0.25) is 0 Å². The molecule has 78 valence electrons. The van der Waals surface area contributed by atoms with Gasteiger partial charge in [0.2, 0.25) is 0 Å². The molecule has 0 unspecified atom stereocenters. The highest BCUT2D eigenvalue weighted by molar-refractivity contribution is 7.13. The van der Waals surface area contributed by atoms with Gasteiger partial charge in [-0.2, -0.15) is 0 Å². The average Bonchev–Trinajstić information content (AvgIpc) is 2.85. The molecule has 0 saturated carbocycles. The lowest BCUT2D eigenvalue weighted by Gasteiger charge is -1.93. The zero-order valence-electron chi connectivity index (χ0n) is 8.06. The Kier molecular flexibility index (Phi) is 2.55. The molecule has 0 spiro atoms. The Morgan fingerprint density at radius 2 is 2.47 bits per heavy atom. The molecule has 0 atom stereocenters. The van der Waals surface area contributed by atoms with Crippen LogP contribution in [0.25, 0.3) is 10.6 Å². The highest BCUT2D eigenvalue weighted by atomic mass is 32.1. The molecule has 15 heavy (non-hydrogen) atoms. The lowest BCUT2D eigenvalue weighted by molar-refractivity contribution is 0.0686. The summed E-state index contributed by atoms with van der Waals surface area (Å²) in [5.74, 6) is -0.543. The molecule has 0 aliphatic rings. The third-order valence-electron chi connectivity index (χ3n) is 2.08. The van der Waals surface area contributed by atoms with E-state index in [1.54, 1.807) is 0 Å². The molecule has 0 radical (unpaired) electrons. The Balaban J connectivity index is 2.41. The summed E-state index contributed by atoms with van der Waals surface area (Å²) in [6.45, 7) is 2.04. The molecule has 0 saturated heterocycles. The molecule has 1 N–H and O–H groups in total. The number of rotatable bonds is 3. The normalized spacial score (nSPS) is 10.5. The van der Waals surface area contributed by atoms with Crippen molar-refractivity contribution in [1.29, 1.82) is 0 Å².